The predicted molar refractivity (Wildman–Crippen MR) is 138 cm³/mol. The van der Waals surface area contributed by atoms with E-state index in [1.54, 1.807) is 0 Å². The first-order chi connectivity index (χ1) is 16.9. The molecule has 35 heavy (non-hydrogen) atoms. The molecular formula is C28H24N4O2S. The van der Waals surface area contributed by atoms with Crippen molar-refractivity contribution in [1.29, 1.82) is 0 Å². The SMILES string of the molecule is CC(C)n1c2ccc(C(=O)c3cccs3)cc2c2c3c(c4c(c21)CCc1nn(C)cc1-4)C(=O)NC3. The second-order valence-corrected chi connectivity index (χ2v) is 10.7. The van der Waals surface area contributed by atoms with Gasteiger partial charge in [0.25, 0.3) is 5.91 Å². The summed E-state index contributed by atoms with van der Waals surface area (Å²) >= 11 is 1.46. The maximum Gasteiger partial charge on any atom is 0.252 e. The van der Waals surface area contributed by atoms with Crippen LogP contribution >= 0.6 is 11.3 Å². The number of carbonyl (C=O) groups is 2. The zero-order chi connectivity index (χ0) is 24.0. The number of aromatic nitrogens is 3. The molecule has 3 aromatic heterocycles. The zero-order valence-corrected chi connectivity index (χ0v) is 20.6. The van der Waals surface area contributed by atoms with Gasteiger partial charge in [-0.25, -0.2) is 0 Å². The van der Waals surface area contributed by atoms with Crippen molar-refractivity contribution in [2.75, 3.05) is 0 Å². The van der Waals surface area contributed by atoms with Gasteiger partial charge in [-0.15, -0.1) is 11.3 Å². The summed E-state index contributed by atoms with van der Waals surface area (Å²) in [5.41, 5.74) is 9.16. The number of aryl methyl sites for hydroxylation is 3. The summed E-state index contributed by atoms with van der Waals surface area (Å²) in [4.78, 5) is 27.2. The van der Waals surface area contributed by atoms with E-state index in [2.05, 4.69) is 34.9 Å². The average molecular weight is 481 g/mol. The molecule has 0 radical (unpaired) electrons. The molecule has 0 saturated heterocycles. The van der Waals surface area contributed by atoms with Crippen molar-refractivity contribution in [1.82, 2.24) is 19.7 Å². The third kappa shape index (κ3) is 2.73. The van der Waals surface area contributed by atoms with E-state index in [9.17, 15) is 9.59 Å². The van der Waals surface area contributed by atoms with E-state index >= 15 is 0 Å². The highest BCUT2D eigenvalue weighted by molar-refractivity contribution is 7.12. The minimum atomic E-state index is -0.0221. The van der Waals surface area contributed by atoms with E-state index in [1.165, 1.54) is 22.4 Å². The van der Waals surface area contributed by atoms with Crippen LogP contribution in [0.3, 0.4) is 0 Å². The minimum Gasteiger partial charge on any atom is -0.348 e. The Morgan fingerprint density at radius 3 is 2.77 bits per heavy atom. The quantitative estimate of drug-likeness (QED) is 0.351. The van der Waals surface area contributed by atoms with Gasteiger partial charge in [-0.05, 0) is 67.5 Å². The topological polar surface area (TPSA) is 68.9 Å². The normalized spacial score (nSPS) is 14.5. The molecule has 0 atom stereocenters. The van der Waals surface area contributed by atoms with Crippen LogP contribution in [0.25, 0.3) is 32.9 Å². The molecule has 6 nitrogen and oxygen atoms in total. The Labute approximate surface area is 206 Å². The Hall–Kier alpha value is -3.71. The monoisotopic (exact) mass is 480 g/mol. The van der Waals surface area contributed by atoms with E-state index < -0.39 is 0 Å². The first-order valence-corrected chi connectivity index (χ1v) is 12.9. The van der Waals surface area contributed by atoms with Gasteiger partial charge in [-0.1, -0.05) is 6.07 Å². The molecule has 0 bridgehead atoms. The largest absolute Gasteiger partial charge is 0.348 e. The fourth-order valence-corrected chi connectivity index (χ4v) is 6.77. The zero-order valence-electron chi connectivity index (χ0n) is 19.8. The van der Waals surface area contributed by atoms with E-state index in [4.69, 9.17) is 0 Å². The molecular weight excluding hydrogens is 456 g/mol. The highest BCUT2D eigenvalue weighted by Crippen LogP contribution is 2.47. The van der Waals surface area contributed by atoms with E-state index in [0.717, 1.165) is 62.0 Å². The van der Waals surface area contributed by atoms with E-state index in [0.29, 0.717) is 12.1 Å². The van der Waals surface area contributed by atoms with Gasteiger partial charge in [0.05, 0.1) is 21.7 Å². The van der Waals surface area contributed by atoms with Gasteiger partial charge in [0.15, 0.2) is 0 Å². The molecule has 7 heteroatoms. The number of ketones is 1. The third-order valence-electron chi connectivity index (χ3n) is 7.41. The summed E-state index contributed by atoms with van der Waals surface area (Å²) < 4.78 is 4.25. The Balaban J connectivity index is 1.63. The maximum atomic E-state index is 13.2. The molecule has 2 aromatic carbocycles. The lowest BCUT2D eigenvalue weighted by Crippen LogP contribution is -2.15. The van der Waals surface area contributed by atoms with Gasteiger partial charge in [0.2, 0.25) is 5.78 Å². The number of benzene rings is 2. The summed E-state index contributed by atoms with van der Waals surface area (Å²) in [7, 11) is 1.94. The van der Waals surface area contributed by atoms with Crippen molar-refractivity contribution < 1.29 is 9.59 Å². The lowest BCUT2D eigenvalue weighted by molar-refractivity contribution is 0.0965. The average Bonchev–Trinajstić information content (AvgIpc) is 3.62. The second-order valence-electron chi connectivity index (χ2n) is 9.78. The van der Waals surface area contributed by atoms with Crippen LogP contribution in [0.1, 0.15) is 62.3 Å². The Morgan fingerprint density at radius 2 is 2.00 bits per heavy atom. The number of fused-ring (bicyclic) bond motifs is 10. The Bertz CT molecular complexity index is 1720. The number of nitrogens with one attached hydrogen (secondary N) is 1. The van der Waals surface area contributed by atoms with Crippen molar-refractivity contribution in [3.8, 4) is 11.1 Å². The maximum absolute atomic E-state index is 13.2. The number of amides is 1. The molecule has 1 aliphatic carbocycles. The van der Waals surface area contributed by atoms with Crippen LogP contribution in [0.5, 0.6) is 0 Å². The van der Waals surface area contributed by atoms with Crippen LogP contribution in [0.15, 0.2) is 41.9 Å². The number of carbonyl (C=O) groups excluding carboxylic acids is 2. The van der Waals surface area contributed by atoms with Gasteiger partial charge in [0.1, 0.15) is 0 Å². The standard InChI is InChI=1S/C28H24N4O2S/c1-14(2)32-21-9-6-15(27(33)22-5-4-10-35-22)11-17(21)24-18-12-29-28(34)25(18)23-16(26(24)32)7-8-20-19(23)13-31(3)30-20/h4-6,9-11,13-14H,7-8,12H2,1-3H3,(H,29,34). The lowest BCUT2D eigenvalue weighted by Gasteiger charge is -2.22. The molecule has 4 heterocycles. The van der Waals surface area contributed by atoms with Crippen LogP contribution in [0.2, 0.25) is 0 Å². The van der Waals surface area contributed by atoms with Crippen LogP contribution in [-0.2, 0) is 26.4 Å². The highest BCUT2D eigenvalue weighted by atomic mass is 32.1. The number of rotatable bonds is 3. The molecule has 174 valence electrons. The highest BCUT2D eigenvalue weighted by Gasteiger charge is 2.35. The van der Waals surface area contributed by atoms with Gasteiger partial charge >= 0.3 is 0 Å². The van der Waals surface area contributed by atoms with Crippen LogP contribution in [0.4, 0.5) is 0 Å². The molecule has 0 spiro atoms. The predicted octanol–water partition coefficient (Wildman–Crippen LogP) is 5.41. The first-order valence-electron chi connectivity index (χ1n) is 12.0. The molecule has 0 unspecified atom stereocenters. The van der Waals surface area contributed by atoms with Crippen molar-refractivity contribution >= 4 is 44.8 Å². The van der Waals surface area contributed by atoms with Crippen LogP contribution in [-0.4, -0.2) is 26.0 Å². The van der Waals surface area contributed by atoms with Gasteiger partial charge in [-0.3, -0.25) is 14.3 Å². The minimum absolute atomic E-state index is 0.0221. The Morgan fingerprint density at radius 1 is 1.14 bits per heavy atom. The first kappa shape index (κ1) is 20.6. The molecule has 7 rings (SSSR count). The molecule has 5 aromatic rings. The number of nitrogens with zero attached hydrogens (tertiary/aromatic N) is 3. The van der Waals surface area contributed by atoms with Crippen molar-refractivity contribution in [2.24, 2.45) is 7.05 Å². The lowest BCUT2D eigenvalue weighted by atomic mass is 9.82. The van der Waals surface area contributed by atoms with Crippen molar-refractivity contribution in [2.45, 2.75) is 39.3 Å². The molecule has 1 N–H and O–H groups in total. The fourth-order valence-electron chi connectivity index (χ4n) is 6.09. The molecule has 1 amide bonds. The van der Waals surface area contributed by atoms with Crippen molar-refractivity contribution in [3.63, 3.8) is 0 Å². The van der Waals surface area contributed by atoms with Crippen LogP contribution < -0.4 is 5.32 Å². The molecule has 2 aliphatic rings. The van der Waals surface area contributed by atoms with E-state index in [1.807, 2.05) is 47.6 Å². The second kappa shape index (κ2) is 7.15. The van der Waals surface area contributed by atoms with Gasteiger partial charge in [-0.2, -0.15) is 5.10 Å². The van der Waals surface area contributed by atoms with E-state index in [-0.39, 0.29) is 17.7 Å². The number of hydrogen-bond donors (Lipinski definition) is 1. The smallest absolute Gasteiger partial charge is 0.252 e. The summed E-state index contributed by atoms with van der Waals surface area (Å²) in [6.07, 6.45) is 3.73. The molecule has 0 fully saturated rings. The van der Waals surface area contributed by atoms with Gasteiger partial charge < -0.3 is 9.88 Å². The molecule has 0 saturated carbocycles. The number of hydrogen-bond acceptors (Lipinski definition) is 4. The summed E-state index contributed by atoms with van der Waals surface area (Å²) in [5.74, 6) is 0.0160. The van der Waals surface area contributed by atoms with Crippen molar-refractivity contribution in [3.05, 3.63) is 74.7 Å². The summed E-state index contributed by atoms with van der Waals surface area (Å²) in [5, 5.41) is 11.8. The van der Waals surface area contributed by atoms with Gasteiger partial charge in [0, 0.05) is 58.8 Å². The Kier molecular flexibility index (Phi) is 4.22. The summed E-state index contributed by atoms with van der Waals surface area (Å²) in [6.45, 7) is 4.89. The third-order valence-corrected chi connectivity index (χ3v) is 8.28. The number of thiophene rings is 1. The fraction of sp³-hybridized carbons (Fsp3) is 0.250. The summed E-state index contributed by atoms with van der Waals surface area (Å²) in [6, 6.07) is 10.1. The van der Waals surface area contributed by atoms with Crippen LogP contribution in [0, 0.1) is 0 Å². The molecule has 1 aliphatic heterocycles.